The van der Waals surface area contributed by atoms with Crippen molar-refractivity contribution in [2.24, 2.45) is 0 Å². The number of fused-ring (bicyclic) bond motifs is 1. The average molecular weight is 314 g/mol. The standard InChI is InChI=1S/C13H15FN2O4S/c14-7-1-2-9-8(3-7)10(15)11(21-9)12(20)16-13(4-17,5-18)6-19/h1-3,17-19H,4-6,15H2,(H,16,20). The molecule has 6 N–H and O–H groups in total. The second-order valence-corrected chi connectivity index (χ2v) is 5.75. The number of rotatable bonds is 5. The number of aliphatic hydroxyl groups excluding tert-OH is 3. The molecule has 0 saturated carbocycles. The molecule has 0 radical (unpaired) electrons. The number of carbonyl (C=O) groups is 1. The Morgan fingerprint density at radius 1 is 1.29 bits per heavy atom. The molecule has 1 aromatic carbocycles. The number of hydrogen-bond donors (Lipinski definition) is 5. The first-order chi connectivity index (χ1) is 9.96. The van der Waals surface area contributed by atoms with E-state index in [-0.39, 0.29) is 10.6 Å². The van der Waals surface area contributed by atoms with Crippen LogP contribution in [0.1, 0.15) is 9.67 Å². The van der Waals surface area contributed by atoms with Crippen LogP contribution in [0.2, 0.25) is 0 Å². The molecule has 0 bridgehead atoms. The molecule has 0 unspecified atom stereocenters. The van der Waals surface area contributed by atoms with Gasteiger partial charge in [0.25, 0.3) is 5.91 Å². The molecular formula is C13H15FN2O4S. The highest BCUT2D eigenvalue weighted by molar-refractivity contribution is 7.21. The van der Waals surface area contributed by atoms with Crippen molar-refractivity contribution in [1.82, 2.24) is 5.32 Å². The Hall–Kier alpha value is -1.74. The quantitative estimate of drug-likeness (QED) is 0.535. The monoisotopic (exact) mass is 314 g/mol. The summed E-state index contributed by atoms with van der Waals surface area (Å²) in [6, 6.07) is 4.01. The van der Waals surface area contributed by atoms with Crippen molar-refractivity contribution in [1.29, 1.82) is 0 Å². The number of anilines is 1. The van der Waals surface area contributed by atoms with Crippen molar-refractivity contribution in [2.45, 2.75) is 5.54 Å². The van der Waals surface area contributed by atoms with Crippen LogP contribution in [-0.2, 0) is 0 Å². The van der Waals surface area contributed by atoms with E-state index >= 15 is 0 Å². The topological polar surface area (TPSA) is 116 Å². The van der Waals surface area contributed by atoms with Crippen LogP contribution in [0.5, 0.6) is 0 Å². The summed E-state index contributed by atoms with van der Waals surface area (Å²) in [7, 11) is 0. The number of amides is 1. The molecule has 2 rings (SSSR count). The zero-order chi connectivity index (χ0) is 15.6. The molecule has 21 heavy (non-hydrogen) atoms. The molecular weight excluding hydrogens is 299 g/mol. The molecule has 1 amide bonds. The third-order valence-corrected chi connectivity index (χ3v) is 4.37. The largest absolute Gasteiger partial charge is 0.397 e. The van der Waals surface area contributed by atoms with Gasteiger partial charge in [-0.2, -0.15) is 0 Å². The Morgan fingerprint density at radius 2 is 1.90 bits per heavy atom. The summed E-state index contributed by atoms with van der Waals surface area (Å²) in [5.74, 6) is -1.11. The van der Waals surface area contributed by atoms with Crippen LogP contribution in [0.15, 0.2) is 18.2 Å². The lowest BCUT2D eigenvalue weighted by molar-refractivity contribution is 0.0377. The van der Waals surface area contributed by atoms with E-state index in [1.807, 2.05) is 0 Å². The summed E-state index contributed by atoms with van der Waals surface area (Å²) < 4.78 is 13.9. The summed E-state index contributed by atoms with van der Waals surface area (Å²) in [5, 5.41) is 30.4. The van der Waals surface area contributed by atoms with Gasteiger partial charge in [-0.1, -0.05) is 0 Å². The maximum Gasteiger partial charge on any atom is 0.264 e. The van der Waals surface area contributed by atoms with Gasteiger partial charge in [0, 0.05) is 10.1 Å². The first kappa shape index (κ1) is 15.6. The first-order valence-corrected chi connectivity index (χ1v) is 6.90. The number of benzene rings is 1. The van der Waals surface area contributed by atoms with Gasteiger partial charge < -0.3 is 26.4 Å². The molecule has 0 spiro atoms. The number of nitrogen functional groups attached to an aromatic ring is 1. The number of carbonyl (C=O) groups excluding carboxylic acids is 1. The van der Waals surface area contributed by atoms with Gasteiger partial charge in [0.05, 0.1) is 25.5 Å². The zero-order valence-corrected chi connectivity index (χ0v) is 11.8. The summed E-state index contributed by atoms with van der Waals surface area (Å²) in [4.78, 5) is 12.3. The van der Waals surface area contributed by atoms with Gasteiger partial charge in [-0.25, -0.2) is 4.39 Å². The predicted octanol–water partition coefficient (Wildman–Crippen LogP) is 0.0681. The van der Waals surface area contributed by atoms with Gasteiger partial charge in [-0.15, -0.1) is 11.3 Å². The molecule has 0 fully saturated rings. The number of hydrogen-bond acceptors (Lipinski definition) is 6. The molecule has 0 aliphatic rings. The minimum absolute atomic E-state index is 0.120. The minimum atomic E-state index is -1.54. The second-order valence-electron chi connectivity index (χ2n) is 4.69. The number of halogens is 1. The Balaban J connectivity index is 2.38. The van der Waals surface area contributed by atoms with Crippen molar-refractivity contribution in [3.05, 3.63) is 28.9 Å². The van der Waals surface area contributed by atoms with E-state index in [1.165, 1.54) is 18.2 Å². The third kappa shape index (κ3) is 2.84. The molecule has 114 valence electrons. The van der Waals surface area contributed by atoms with Crippen LogP contribution in [0, 0.1) is 5.82 Å². The molecule has 0 aliphatic carbocycles. The average Bonchev–Trinajstić information content (AvgIpc) is 2.82. The van der Waals surface area contributed by atoms with Crippen LogP contribution in [-0.4, -0.2) is 46.6 Å². The van der Waals surface area contributed by atoms with E-state index in [9.17, 15) is 24.5 Å². The van der Waals surface area contributed by atoms with Gasteiger partial charge in [-0.3, -0.25) is 4.79 Å². The highest BCUT2D eigenvalue weighted by Gasteiger charge is 2.31. The molecule has 1 aromatic heterocycles. The van der Waals surface area contributed by atoms with Gasteiger partial charge in [0.2, 0.25) is 0 Å². The molecule has 0 aliphatic heterocycles. The van der Waals surface area contributed by atoms with Gasteiger partial charge in [0.1, 0.15) is 16.2 Å². The molecule has 8 heteroatoms. The van der Waals surface area contributed by atoms with E-state index in [1.54, 1.807) is 0 Å². The fourth-order valence-corrected chi connectivity index (χ4v) is 2.82. The number of aliphatic hydroxyl groups is 3. The molecule has 0 atom stereocenters. The van der Waals surface area contributed by atoms with E-state index in [0.717, 1.165) is 11.3 Å². The fourth-order valence-electron chi connectivity index (χ4n) is 1.82. The Bertz CT molecular complexity index is 661. The predicted molar refractivity (Wildman–Crippen MR) is 77.6 cm³/mol. The number of nitrogens with two attached hydrogens (primary N) is 1. The zero-order valence-electron chi connectivity index (χ0n) is 11.0. The van der Waals surface area contributed by atoms with Crippen LogP contribution in [0.4, 0.5) is 10.1 Å². The van der Waals surface area contributed by atoms with Gasteiger partial charge >= 0.3 is 0 Å². The van der Waals surface area contributed by atoms with E-state index in [0.29, 0.717) is 10.1 Å². The number of nitrogens with one attached hydrogen (secondary N) is 1. The Labute approximate surface area is 123 Å². The fraction of sp³-hybridized carbons (Fsp3) is 0.308. The van der Waals surface area contributed by atoms with E-state index < -0.39 is 37.1 Å². The lowest BCUT2D eigenvalue weighted by Crippen LogP contribution is -2.56. The Morgan fingerprint density at radius 3 is 2.48 bits per heavy atom. The summed E-state index contributed by atoms with van der Waals surface area (Å²) in [6.07, 6.45) is 0. The van der Waals surface area contributed by atoms with E-state index in [4.69, 9.17) is 5.73 Å². The highest BCUT2D eigenvalue weighted by Crippen LogP contribution is 2.34. The van der Waals surface area contributed by atoms with E-state index in [2.05, 4.69) is 5.32 Å². The van der Waals surface area contributed by atoms with Crippen LogP contribution < -0.4 is 11.1 Å². The Kier molecular flexibility index (Phi) is 4.43. The minimum Gasteiger partial charge on any atom is -0.397 e. The van der Waals surface area contributed by atoms with Crippen molar-refractivity contribution >= 4 is 33.0 Å². The number of thiophene rings is 1. The summed E-state index contributed by atoms with van der Waals surface area (Å²) in [6.45, 7) is -1.90. The maximum absolute atomic E-state index is 13.2. The summed E-state index contributed by atoms with van der Waals surface area (Å²) in [5.41, 5.74) is 4.43. The third-order valence-electron chi connectivity index (χ3n) is 3.18. The summed E-state index contributed by atoms with van der Waals surface area (Å²) >= 11 is 1.06. The van der Waals surface area contributed by atoms with Crippen LogP contribution >= 0.6 is 11.3 Å². The van der Waals surface area contributed by atoms with Gasteiger partial charge in [-0.05, 0) is 18.2 Å². The SMILES string of the molecule is Nc1c(C(=O)NC(CO)(CO)CO)sc2ccc(F)cc12. The first-order valence-electron chi connectivity index (χ1n) is 6.09. The molecule has 6 nitrogen and oxygen atoms in total. The molecule has 1 heterocycles. The molecule has 0 saturated heterocycles. The lowest BCUT2D eigenvalue weighted by Gasteiger charge is -2.28. The van der Waals surface area contributed by atoms with Crippen molar-refractivity contribution < 1.29 is 24.5 Å². The molecule has 2 aromatic rings. The van der Waals surface area contributed by atoms with Crippen molar-refractivity contribution in [3.63, 3.8) is 0 Å². The van der Waals surface area contributed by atoms with Crippen molar-refractivity contribution in [3.8, 4) is 0 Å². The maximum atomic E-state index is 13.2. The van der Waals surface area contributed by atoms with Crippen LogP contribution in [0.3, 0.4) is 0 Å². The lowest BCUT2D eigenvalue weighted by atomic mass is 10.0. The smallest absolute Gasteiger partial charge is 0.264 e. The van der Waals surface area contributed by atoms with Gasteiger partial charge in [0.15, 0.2) is 0 Å². The van der Waals surface area contributed by atoms with Crippen LogP contribution in [0.25, 0.3) is 10.1 Å². The second kappa shape index (κ2) is 5.94. The highest BCUT2D eigenvalue weighted by atomic mass is 32.1. The van der Waals surface area contributed by atoms with Crippen molar-refractivity contribution in [2.75, 3.05) is 25.6 Å². The normalized spacial score (nSPS) is 11.8.